The van der Waals surface area contributed by atoms with Crippen molar-refractivity contribution in [2.75, 3.05) is 0 Å². The maximum Gasteiger partial charge on any atom is 0.309 e. The number of hydrogen-bond acceptors (Lipinski definition) is 2. The van der Waals surface area contributed by atoms with Gasteiger partial charge in [-0.2, -0.15) is 0 Å². The van der Waals surface area contributed by atoms with E-state index in [9.17, 15) is 9.18 Å². The predicted molar refractivity (Wildman–Crippen MR) is 62.8 cm³/mol. The van der Waals surface area contributed by atoms with Gasteiger partial charge >= 0.3 is 5.97 Å². The minimum absolute atomic E-state index is 0.114. The largest absolute Gasteiger partial charge is 0.461 e. The molecule has 0 amide bonds. The lowest BCUT2D eigenvalue weighted by atomic mass is 9.94. The molecule has 0 heterocycles. The number of benzene rings is 1. The Morgan fingerprint density at radius 1 is 1.35 bits per heavy atom. The van der Waals surface area contributed by atoms with Crippen molar-refractivity contribution in [3.8, 4) is 0 Å². The van der Waals surface area contributed by atoms with E-state index in [-0.39, 0.29) is 17.7 Å². The van der Waals surface area contributed by atoms with Gasteiger partial charge in [-0.1, -0.05) is 36.4 Å². The molecule has 0 aliphatic heterocycles. The fourth-order valence-electron chi connectivity index (χ4n) is 1.86. The van der Waals surface area contributed by atoms with E-state index >= 15 is 0 Å². The van der Waals surface area contributed by atoms with Crippen LogP contribution < -0.4 is 0 Å². The summed E-state index contributed by atoms with van der Waals surface area (Å²) in [6.07, 6.45) is 2.85. The first-order valence-corrected chi connectivity index (χ1v) is 5.81. The van der Waals surface area contributed by atoms with Crippen LogP contribution in [0.5, 0.6) is 0 Å². The fourth-order valence-corrected chi connectivity index (χ4v) is 1.86. The van der Waals surface area contributed by atoms with Crippen molar-refractivity contribution in [1.29, 1.82) is 0 Å². The molecule has 17 heavy (non-hydrogen) atoms. The molecule has 1 aromatic carbocycles. The third kappa shape index (κ3) is 3.41. The van der Waals surface area contributed by atoms with E-state index in [1.165, 1.54) is 6.08 Å². The van der Waals surface area contributed by atoms with E-state index in [0.717, 1.165) is 5.56 Å². The first-order chi connectivity index (χ1) is 8.25. The zero-order valence-electron chi connectivity index (χ0n) is 9.56. The fraction of sp³-hybridized carbons (Fsp3) is 0.357. The average molecular weight is 234 g/mol. The maximum atomic E-state index is 12.8. The molecule has 1 atom stereocenters. The van der Waals surface area contributed by atoms with Crippen molar-refractivity contribution in [1.82, 2.24) is 0 Å². The van der Waals surface area contributed by atoms with Crippen LogP contribution in [-0.4, -0.2) is 5.97 Å². The van der Waals surface area contributed by atoms with Gasteiger partial charge in [0, 0.05) is 0 Å². The summed E-state index contributed by atoms with van der Waals surface area (Å²) in [5, 5.41) is 0. The first-order valence-electron chi connectivity index (χ1n) is 5.81. The van der Waals surface area contributed by atoms with Crippen molar-refractivity contribution >= 4 is 5.97 Å². The van der Waals surface area contributed by atoms with Gasteiger partial charge in [-0.15, -0.1) is 0 Å². The number of esters is 1. The van der Waals surface area contributed by atoms with Gasteiger partial charge in [0.15, 0.2) is 0 Å². The van der Waals surface area contributed by atoms with E-state index in [1.54, 1.807) is 0 Å². The Balaban J connectivity index is 1.82. The lowest BCUT2D eigenvalue weighted by Gasteiger charge is -2.17. The molecule has 2 rings (SSSR count). The van der Waals surface area contributed by atoms with Gasteiger partial charge in [0.25, 0.3) is 0 Å². The third-order valence-electron chi connectivity index (χ3n) is 2.91. The van der Waals surface area contributed by atoms with Crippen molar-refractivity contribution in [3.05, 3.63) is 47.8 Å². The molecule has 0 saturated heterocycles. The molecule has 0 bridgehead atoms. The van der Waals surface area contributed by atoms with Crippen LogP contribution in [0.25, 0.3) is 0 Å². The van der Waals surface area contributed by atoms with Crippen molar-refractivity contribution in [2.45, 2.75) is 25.9 Å². The number of carbonyl (C=O) groups excluding carboxylic acids is 1. The highest BCUT2D eigenvalue weighted by Gasteiger charge is 2.22. The van der Waals surface area contributed by atoms with Crippen molar-refractivity contribution in [2.24, 2.45) is 5.92 Å². The van der Waals surface area contributed by atoms with Gasteiger partial charge in [-0.3, -0.25) is 4.79 Å². The minimum atomic E-state index is -0.224. The summed E-state index contributed by atoms with van der Waals surface area (Å²) >= 11 is 0. The van der Waals surface area contributed by atoms with Crippen LogP contribution in [0.2, 0.25) is 0 Å². The van der Waals surface area contributed by atoms with E-state index < -0.39 is 0 Å². The molecule has 1 aromatic rings. The van der Waals surface area contributed by atoms with Crippen LogP contribution in [0.3, 0.4) is 0 Å². The molecular formula is C14H15FO2. The number of halogens is 1. The average Bonchev–Trinajstić information content (AvgIpc) is 2.38. The zero-order valence-corrected chi connectivity index (χ0v) is 9.56. The lowest BCUT2D eigenvalue weighted by Crippen LogP contribution is -2.19. The highest BCUT2D eigenvalue weighted by molar-refractivity contribution is 5.72. The van der Waals surface area contributed by atoms with Crippen molar-refractivity contribution in [3.63, 3.8) is 0 Å². The molecule has 0 N–H and O–H groups in total. The summed E-state index contributed by atoms with van der Waals surface area (Å²) in [4.78, 5) is 11.7. The molecule has 0 radical (unpaired) electrons. The van der Waals surface area contributed by atoms with Gasteiger partial charge in [0.2, 0.25) is 0 Å². The minimum Gasteiger partial charge on any atom is -0.461 e. The lowest BCUT2D eigenvalue weighted by molar-refractivity contribution is -0.150. The van der Waals surface area contributed by atoms with E-state index in [0.29, 0.717) is 25.9 Å². The van der Waals surface area contributed by atoms with E-state index in [1.807, 2.05) is 30.3 Å². The van der Waals surface area contributed by atoms with Gasteiger partial charge in [0.1, 0.15) is 6.61 Å². The Morgan fingerprint density at radius 2 is 2.12 bits per heavy atom. The standard InChI is InChI=1S/C14H15FO2/c15-13-8-6-12(7-9-13)14(16)17-10-11-4-2-1-3-5-11/h1-5,8,12H,6-7,9-10H2/t12-/m0/s1. The van der Waals surface area contributed by atoms with Gasteiger partial charge in [-0.05, 0) is 24.8 Å². The Kier molecular flexibility index (Phi) is 3.91. The molecule has 0 spiro atoms. The molecule has 1 aliphatic carbocycles. The van der Waals surface area contributed by atoms with E-state index in [4.69, 9.17) is 4.74 Å². The van der Waals surface area contributed by atoms with Gasteiger partial charge in [-0.25, -0.2) is 4.39 Å². The molecule has 90 valence electrons. The molecular weight excluding hydrogens is 219 g/mol. The summed E-state index contributed by atoms with van der Waals surface area (Å²) in [6.45, 7) is 0.294. The summed E-state index contributed by atoms with van der Waals surface area (Å²) in [5.41, 5.74) is 0.971. The summed E-state index contributed by atoms with van der Waals surface area (Å²) < 4.78 is 18.0. The van der Waals surface area contributed by atoms with Gasteiger partial charge in [0.05, 0.1) is 11.7 Å². The molecule has 1 aliphatic rings. The van der Waals surface area contributed by atoms with Crippen LogP contribution in [0.1, 0.15) is 24.8 Å². The maximum absolute atomic E-state index is 12.8. The highest BCUT2D eigenvalue weighted by atomic mass is 19.1. The number of carbonyl (C=O) groups is 1. The van der Waals surface area contributed by atoms with E-state index in [2.05, 4.69) is 0 Å². The Labute approximate surface area is 100 Å². The van der Waals surface area contributed by atoms with Crippen LogP contribution >= 0.6 is 0 Å². The smallest absolute Gasteiger partial charge is 0.309 e. The van der Waals surface area contributed by atoms with Crippen LogP contribution in [0, 0.1) is 5.92 Å². The highest BCUT2D eigenvalue weighted by Crippen LogP contribution is 2.25. The number of hydrogen-bond donors (Lipinski definition) is 0. The Hall–Kier alpha value is -1.64. The second-order valence-electron chi connectivity index (χ2n) is 4.22. The van der Waals surface area contributed by atoms with Crippen molar-refractivity contribution < 1.29 is 13.9 Å². The second-order valence-corrected chi connectivity index (χ2v) is 4.22. The van der Waals surface area contributed by atoms with Gasteiger partial charge < -0.3 is 4.74 Å². The number of rotatable bonds is 3. The third-order valence-corrected chi connectivity index (χ3v) is 2.91. The first kappa shape index (κ1) is 11.8. The molecule has 0 unspecified atom stereocenters. The molecule has 2 nitrogen and oxygen atoms in total. The summed E-state index contributed by atoms with van der Waals surface area (Å²) in [6, 6.07) is 9.55. The molecule has 0 aromatic heterocycles. The van der Waals surface area contributed by atoms with Crippen LogP contribution in [0.15, 0.2) is 42.2 Å². The van der Waals surface area contributed by atoms with Crippen LogP contribution in [-0.2, 0) is 16.1 Å². The quantitative estimate of drug-likeness (QED) is 0.749. The molecule has 0 saturated carbocycles. The summed E-state index contributed by atoms with van der Waals surface area (Å²) in [7, 11) is 0. The SMILES string of the molecule is O=C(OCc1ccccc1)[C@H]1CC=C(F)CC1. The monoisotopic (exact) mass is 234 g/mol. The predicted octanol–water partition coefficient (Wildman–Crippen LogP) is 3.38. The second kappa shape index (κ2) is 5.62. The topological polar surface area (TPSA) is 26.3 Å². The molecule has 3 heteroatoms. The number of allylic oxidation sites excluding steroid dienone is 2. The molecule has 0 fully saturated rings. The zero-order chi connectivity index (χ0) is 12.1. The number of ether oxygens (including phenoxy) is 1. The Bertz CT molecular complexity index is 411. The normalized spacial score (nSPS) is 19.6. The Morgan fingerprint density at radius 3 is 2.76 bits per heavy atom. The summed E-state index contributed by atoms with van der Waals surface area (Å²) in [5.74, 6) is -0.520. The van der Waals surface area contributed by atoms with Crippen LogP contribution in [0.4, 0.5) is 4.39 Å².